The Kier molecular flexibility index (Phi) is 4.96. The molecule has 0 spiro atoms. The van der Waals surface area contributed by atoms with E-state index in [9.17, 15) is 0 Å². The van der Waals surface area contributed by atoms with E-state index in [1.54, 1.807) is 12.3 Å². The Balaban J connectivity index is 1.72. The third-order valence-electron chi connectivity index (χ3n) is 3.07. The van der Waals surface area contributed by atoms with E-state index in [-0.39, 0.29) is 0 Å². The van der Waals surface area contributed by atoms with Gasteiger partial charge in [-0.25, -0.2) is 4.98 Å². The summed E-state index contributed by atoms with van der Waals surface area (Å²) in [4.78, 5) is 6.41. The molecular formula is C16H18N4. The van der Waals surface area contributed by atoms with Gasteiger partial charge in [0.05, 0.1) is 5.56 Å². The summed E-state index contributed by atoms with van der Waals surface area (Å²) in [5, 5.41) is 12.0. The van der Waals surface area contributed by atoms with Crippen molar-refractivity contribution in [3.8, 4) is 6.07 Å². The van der Waals surface area contributed by atoms with Crippen LogP contribution < -0.4 is 10.2 Å². The monoisotopic (exact) mass is 266 g/mol. The number of aromatic nitrogens is 1. The van der Waals surface area contributed by atoms with Gasteiger partial charge in [0.25, 0.3) is 0 Å². The van der Waals surface area contributed by atoms with Crippen molar-refractivity contribution in [2.75, 3.05) is 30.4 Å². The minimum atomic E-state index is 0.583. The molecule has 0 saturated carbocycles. The molecule has 2 rings (SSSR count). The highest BCUT2D eigenvalue weighted by Gasteiger charge is 1.99. The van der Waals surface area contributed by atoms with E-state index in [2.05, 4.69) is 40.5 Å². The first-order valence-electron chi connectivity index (χ1n) is 6.66. The van der Waals surface area contributed by atoms with Crippen LogP contribution in [-0.4, -0.2) is 25.1 Å². The van der Waals surface area contributed by atoms with Crippen molar-refractivity contribution in [1.82, 2.24) is 4.98 Å². The number of pyridine rings is 1. The molecule has 102 valence electrons. The van der Waals surface area contributed by atoms with Crippen LogP contribution >= 0.6 is 0 Å². The molecule has 0 bridgehead atoms. The van der Waals surface area contributed by atoms with Crippen LogP contribution in [0.1, 0.15) is 12.0 Å². The molecule has 0 atom stereocenters. The van der Waals surface area contributed by atoms with Crippen molar-refractivity contribution in [3.05, 3.63) is 54.2 Å². The SMILES string of the molecule is CN(CCCNc1ccc(C#N)cn1)c1ccccc1. The van der Waals surface area contributed by atoms with Gasteiger partial charge < -0.3 is 10.2 Å². The second-order valence-corrected chi connectivity index (χ2v) is 4.58. The number of hydrogen-bond acceptors (Lipinski definition) is 4. The van der Waals surface area contributed by atoms with E-state index < -0.39 is 0 Å². The molecule has 0 amide bonds. The quantitative estimate of drug-likeness (QED) is 0.817. The summed E-state index contributed by atoms with van der Waals surface area (Å²) < 4.78 is 0. The van der Waals surface area contributed by atoms with E-state index >= 15 is 0 Å². The van der Waals surface area contributed by atoms with E-state index in [0.717, 1.165) is 25.3 Å². The van der Waals surface area contributed by atoms with E-state index in [0.29, 0.717) is 5.56 Å². The van der Waals surface area contributed by atoms with Gasteiger partial charge in [0, 0.05) is 32.0 Å². The summed E-state index contributed by atoms with van der Waals surface area (Å²) >= 11 is 0. The van der Waals surface area contributed by atoms with Crippen LogP contribution in [0.5, 0.6) is 0 Å². The zero-order chi connectivity index (χ0) is 14.2. The normalized spacial score (nSPS) is 9.80. The van der Waals surface area contributed by atoms with Gasteiger partial charge in [0.2, 0.25) is 0 Å². The van der Waals surface area contributed by atoms with Crippen molar-refractivity contribution in [2.45, 2.75) is 6.42 Å². The zero-order valence-corrected chi connectivity index (χ0v) is 11.6. The predicted molar refractivity (Wildman–Crippen MR) is 81.8 cm³/mol. The Morgan fingerprint density at radius 2 is 2.00 bits per heavy atom. The van der Waals surface area contributed by atoms with Gasteiger partial charge in [0.15, 0.2) is 0 Å². The number of benzene rings is 1. The molecule has 20 heavy (non-hydrogen) atoms. The molecule has 4 nitrogen and oxygen atoms in total. The van der Waals surface area contributed by atoms with Gasteiger partial charge in [0.1, 0.15) is 11.9 Å². The molecule has 0 saturated heterocycles. The molecule has 0 aliphatic carbocycles. The summed E-state index contributed by atoms with van der Waals surface area (Å²) in [5.41, 5.74) is 1.81. The lowest BCUT2D eigenvalue weighted by atomic mass is 10.3. The van der Waals surface area contributed by atoms with Gasteiger partial charge in [-0.15, -0.1) is 0 Å². The second-order valence-electron chi connectivity index (χ2n) is 4.58. The molecule has 1 heterocycles. The van der Waals surface area contributed by atoms with Crippen LogP contribution in [0.4, 0.5) is 11.5 Å². The van der Waals surface area contributed by atoms with Gasteiger partial charge >= 0.3 is 0 Å². The molecule has 4 heteroatoms. The Morgan fingerprint density at radius 1 is 1.20 bits per heavy atom. The maximum atomic E-state index is 8.70. The van der Waals surface area contributed by atoms with Crippen molar-refractivity contribution in [3.63, 3.8) is 0 Å². The first-order chi connectivity index (χ1) is 9.79. The zero-order valence-electron chi connectivity index (χ0n) is 11.6. The van der Waals surface area contributed by atoms with Crippen LogP contribution in [-0.2, 0) is 0 Å². The highest BCUT2D eigenvalue weighted by Crippen LogP contribution is 2.11. The highest BCUT2D eigenvalue weighted by atomic mass is 15.1. The van der Waals surface area contributed by atoms with Crippen molar-refractivity contribution < 1.29 is 0 Å². The highest BCUT2D eigenvalue weighted by molar-refractivity contribution is 5.45. The van der Waals surface area contributed by atoms with Crippen molar-refractivity contribution in [2.24, 2.45) is 0 Å². The van der Waals surface area contributed by atoms with Gasteiger partial charge in [-0.2, -0.15) is 5.26 Å². The molecule has 0 aliphatic rings. The summed E-state index contributed by atoms with van der Waals surface area (Å²) in [5.74, 6) is 0.811. The lowest BCUT2D eigenvalue weighted by Gasteiger charge is -2.19. The molecular weight excluding hydrogens is 248 g/mol. The third-order valence-corrected chi connectivity index (χ3v) is 3.07. The lowest BCUT2D eigenvalue weighted by Crippen LogP contribution is -2.20. The fraction of sp³-hybridized carbons (Fsp3) is 0.250. The number of nitrogens with zero attached hydrogens (tertiary/aromatic N) is 3. The number of anilines is 2. The van der Waals surface area contributed by atoms with Crippen LogP contribution in [0.25, 0.3) is 0 Å². The second kappa shape index (κ2) is 7.15. The number of para-hydroxylation sites is 1. The maximum Gasteiger partial charge on any atom is 0.125 e. The standard InChI is InChI=1S/C16H18N4/c1-20(15-6-3-2-4-7-15)11-5-10-18-16-9-8-14(12-17)13-19-16/h2-4,6-9,13H,5,10-11H2,1H3,(H,18,19). The first-order valence-corrected chi connectivity index (χ1v) is 6.66. The Hall–Kier alpha value is -2.54. The molecule has 0 aliphatic heterocycles. The van der Waals surface area contributed by atoms with Crippen LogP contribution in [0.3, 0.4) is 0 Å². The van der Waals surface area contributed by atoms with Crippen LogP contribution in [0.15, 0.2) is 48.7 Å². The largest absolute Gasteiger partial charge is 0.375 e. The van der Waals surface area contributed by atoms with Crippen molar-refractivity contribution >= 4 is 11.5 Å². The number of rotatable bonds is 6. The summed E-state index contributed by atoms with van der Waals surface area (Å²) in [6.07, 6.45) is 2.60. The first kappa shape index (κ1) is 13.9. The topological polar surface area (TPSA) is 52.0 Å². The molecule has 2 aromatic rings. The van der Waals surface area contributed by atoms with E-state index in [1.165, 1.54) is 5.69 Å². The molecule has 1 aromatic carbocycles. The molecule has 1 aromatic heterocycles. The third kappa shape index (κ3) is 3.99. The minimum absolute atomic E-state index is 0.583. The van der Waals surface area contributed by atoms with Gasteiger partial charge in [-0.3, -0.25) is 0 Å². The Morgan fingerprint density at radius 3 is 2.65 bits per heavy atom. The van der Waals surface area contributed by atoms with Crippen molar-refractivity contribution in [1.29, 1.82) is 5.26 Å². The number of hydrogen-bond donors (Lipinski definition) is 1. The predicted octanol–water partition coefficient (Wildman–Crippen LogP) is 2.89. The van der Waals surface area contributed by atoms with E-state index in [1.807, 2.05) is 24.3 Å². The van der Waals surface area contributed by atoms with Crippen LogP contribution in [0.2, 0.25) is 0 Å². The summed E-state index contributed by atoms with van der Waals surface area (Å²) in [6.45, 7) is 1.84. The lowest BCUT2D eigenvalue weighted by molar-refractivity contribution is 0.814. The molecule has 1 N–H and O–H groups in total. The van der Waals surface area contributed by atoms with E-state index in [4.69, 9.17) is 5.26 Å². The molecule has 0 radical (unpaired) electrons. The average molecular weight is 266 g/mol. The van der Waals surface area contributed by atoms with Crippen LogP contribution in [0, 0.1) is 11.3 Å². The molecule has 0 unspecified atom stereocenters. The Labute approximate surface area is 119 Å². The smallest absolute Gasteiger partial charge is 0.125 e. The number of nitriles is 1. The fourth-order valence-corrected chi connectivity index (χ4v) is 1.91. The number of nitrogens with one attached hydrogen (secondary N) is 1. The Bertz CT molecular complexity index is 557. The molecule has 0 fully saturated rings. The van der Waals surface area contributed by atoms with Gasteiger partial charge in [-0.05, 0) is 30.7 Å². The summed E-state index contributed by atoms with van der Waals surface area (Å²) in [6, 6.07) is 16.0. The van der Waals surface area contributed by atoms with Gasteiger partial charge in [-0.1, -0.05) is 18.2 Å². The average Bonchev–Trinajstić information content (AvgIpc) is 2.53. The minimum Gasteiger partial charge on any atom is -0.375 e. The summed E-state index contributed by atoms with van der Waals surface area (Å²) in [7, 11) is 2.09. The fourth-order valence-electron chi connectivity index (χ4n) is 1.91. The maximum absolute atomic E-state index is 8.70.